The van der Waals surface area contributed by atoms with Crippen LogP contribution in [0.2, 0.25) is 5.02 Å². The van der Waals surface area contributed by atoms with E-state index >= 15 is 0 Å². The van der Waals surface area contributed by atoms with Gasteiger partial charge in [-0.2, -0.15) is 0 Å². The quantitative estimate of drug-likeness (QED) is 0.881. The molecule has 2 rings (SSSR count). The predicted molar refractivity (Wildman–Crippen MR) is 81.6 cm³/mol. The maximum absolute atomic E-state index is 13.8. The standard InChI is InChI=1S/C15H19ClF2N2O2/c1-13(2,3)22-12(21)20-11-5-4-9(16)6-10(11)14(8-19)7-15(14,17)18/h4-6H,7-8,19H2,1-3H3,(H,20,21). The molecule has 0 aromatic heterocycles. The van der Waals surface area contributed by atoms with Crippen LogP contribution in [0.3, 0.4) is 0 Å². The van der Waals surface area contributed by atoms with E-state index in [2.05, 4.69) is 5.32 Å². The maximum Gasteiger partial charge on any atom is 0.412 e. The molecule has 22 heavy (non-hydrogen) atoms. The third-order valence-electron chi connectivity index (χ3n) is 3.58. The fraction of sp³-hybridized carbons (Fsp3) is 0.533. The van der Waals surface area contributed by atoms with Crippen molar-refractivity contribution < 1.29 is 18.3 Å². The minimum Gasteiger partial charge on any atom is -0.444 e. The van der Waals surface area contributed by atoms with Gasteiger partial charge >= 0.3 is 6.09 Å². The van der Waals surface area contributed by atoms with Gasteiger partial charge in [0.05, 0.1) is 5.41 Å². The number of carbonyl (C=O) groups excluding carboxylic acids is 1. The summed E-state index contributed by atoms with van der Waals surface area (Å²) in [7, 11) is 0. The summed E-state index contributed by atoms with van der Waals surface area (Å²) >= 11 is 5.91. The minimum atomic E-state index is -2.91. The fourth-order valence-electron chi connectivity index (χ4n) is 2.39. The predicted octanol–water partition coefficient (Wildman–Crippen LogP) is 3.92. The van der Waals surface area contributed by atoms with Crippen LogP contribution in [0.5, 0.6) is 0 Å². The number of carbonyl (C=O) groups is 1. The van der Waals surface area contributed by atoms with E-state index in [0.29, 0.717) is 5.02 Å². The Morgan fingerprint density at radius 3 is 2.50 bits per heavy atom. The van der Waals surface area contributed by atoms with Crippen LogP contribution < -0.4 is 11.1 Å². The van der Waals surface area contributed by atoms with Gasteiger partial charge in [-0.15, -0.1) is 0 Å². The van der Waals surface area contributed by atoms with Gasteiger partial charge in [0.25, 0.3) is 5.92 Å². The first-order valence-corrected chi connectivity index (χ1v) is 7.26. The third-order valence-corrected chi connectivity index (χ3v) is 3.82. The first kappa shape index (κ1) is 17.0. The number of alkyl halides is 2. The van der Waals surface area contributed by atoms with Crippen LogP contribution in [0.4, 0.5) is 19.3 Å². The van der Waals surface area contributed by atoms with Crippen LogP contribution in [0.25, 0.3) is 0 Å². The van der Waals surface area contributed by atoms with Crippen LogP contribution in [0.15, 0.2) is 18.2 Å². The maximum atomic E-state index is 13.8. The Morgan fingerprint density at radius 1 is 1.45 bits per heavy atom. The second-order valence-corrected chi connectivity index (χ2v) is 6.92. The normalized spacial score (nSPS) is 23.0. The molecule has 1 saturated carbocycles. The van der Waals surface area contributed by atoms with Crippen LogP contribution in [0, 0.1) is 0 Å². The number of hydrogen-bond donors (Lipinski definition) is 2. The molecule has 1 atom stereocenters. The number of benzene rings is 1. The first-order valence-electron chi connectivity index (χ1n) is 6.89. The molecule has 0 heterocycles. The highest BCUT2D eigenvalue weighted by Crippen LogP contribution is 2.62. The number of ether oxygens (including phenoxy) is 1. The van der Waals surface area contributed by atoms with E-state index in [1.807, 2.05) is 0 Å². The first-order chi connectivity index (χ1) is 10.0. The van der Waals surface area contributed by atoms with Gasteiger partial charge in [0.2, 0.25) is 0 Å². The molecule has 0 saturated heterocycles. The summed E-state index contributed by atoms with van der Waals surface area (Å²) in [6.45, 7) is 4.91. The van der Waals surface area contributed by atoms with E-state index in [1.165, 1.54) is 18.2 Å². The average molecular weight is 333 g/mol. The van der Waals surface area contributed by atoms with E-state index in [1.54, 1.807) is 20.8 Å². The smallest absolute Gasteiger partial charge is 0.412 e. The lowest BCUT2D eigenvalue weighted by Crippen LogP contribution is -2.30. The Labute approximate surface area is 133 Å². The second-order valence-electron chi connectivity index (χ2n) is 6.48. The van der Waals surface area contributed by atoms with Crippen molar-refractivity contribution in [2.45, 2.75) is 44.1 Å². The average Bonchev–Trinajstić information content (AvgIpc) is 2.92. The van der Waals surface area contributed by atoms with E-state index in [0.717, 1.165) is 0 Å². The Balaban J connectivity index is 2.32. The molecule has 1 aromatic rings. The SMILES string of the molecule is CC(C)(C)OC(=O)Nc1ccc(Cl)cc1C1(CN)CC1(F)F. The number of hydrogen-bond acceptors (Lipinski definition) is 3. The number of nitrogens with one attached hydrogen (secondary N) is 1. The van der Waals surface area contributed by atoms with Gasteiger partial charge in [-0.3, -0.25) is 5.32 Å². The van der Waals surface area contributed by atoms with E-state index < -0.39 is 23.0 Å². The lowest BCUT2D eigenvalue weighted by Gasteiger charge is -2.22. The van der Waals surface area contributed by atoms with Crippen LogP contribution in [-0.4, -0.2) is 24.2 Å². The summed E-state index contributed by atoms with van der Waals surface area (Å²) in [5.41, 5.74) is 3.86. The molecular formula is C15H19ClF2N2O2. The number of rotatable bonds is 3. The molecule has 7 heteroatoms. The molecule has 1 fully saturated rings. The molecule has 1 aliphatic rings. The van der Waals surface area contributed by atoms with Crippen molar-refractivity contribution in [3.05, 3.63) is 28.8 Å². The lowest BCUT2D eigenvalue weighted by molar-refractivity contribution is 0.0634. The summed E-state index contributed by atoms with van der Waals surface area (Å²) in [4.78, 5) is 11.9. The highest BCUT2D eigenvalue weighted by molar-refractivity contribution is 6.30. The third kappa shape index (κ3) is 3.17. The van der Waals surface area contributed by atoms with Crippen molar-refractivity contribution in [1.82, 2.24) is 0 Å². The Bertz CT molecular complexity index is 602. The van der Waals surface area contributed by atoms with Crippen LogP contribution in [0.1, 0.15) is 32.8 Å². The molecule has 3 N–H and O–H groups in total. The summed E-state index contributed by atoms with van der Waals surface area (Å²) in [6.07, 6.45) is -1.08. The lowest BCUT2D eigenvalue weighted by atomic mass is 9.93. The van der Waals surface area contributed by atoms with Crippen molar-refractivity contribution in [3.8, 4) is 0 Å². The molecule has 0 spiro atoms. The number of amides is 1. The van der Waals surface area contributed by atoms with Crippen LogP contribution in [-0.2, 0) is 10.2 Å². The summed E-state index contributed by atoms with van der Waals surface area (Å²) in [6, 6.07) is 4.41. The molecule has 1 unspecified atom stereocenters. The molecule has 1 aromatic carbocycles. The van der Waals surface area contributed by atoms with Gasteiger partial charge in [-0.25, -0.2) is 13.6 Å². The molecule has 0 bridgehead atoms. The van der Waals surface area contributed by atoms with Crippen molar-refractivity contribution in [1.29, 1.82) is 0 Å². The highest BCUT2D eigenvalue weighted by atomic mass is 35.5. The van der Waals surface area contributed by atoms with Gasteiger partial charge in [0.15, 0.2) is 0 Å². The molecular weight excluding hydrogens is 314 g/mol. The molecule has 4 nitrogen and oxygen atoms in total. The van der Waals surface area contributed by atoms with Gasteiger partial charge in [-0.05, 0) is 44.5 Å². The largest absolute Gasteiger partial charge is 0.444 e. The molecule has 1 aliphatic carbocycles. The van der Waals surface area contributed by atoms with Crippen molar-refractivity contribution >= 4 is 23.4 Å². The van der Waals surface area contributed by atoms with E-state index in [9.17, 15) is 13.6 Å². The van der Waals surface area contributed by atoms with Gasteiger partial charge in [0.1, 0.15) is 5.60 Å². The van der Waals surface area contributed by atoms with Gasteiger partial charge < -0.3 is 10.5 Å². The summed E-state index contributed by atoms with van der Waals surface area (Å²) in [5, 5.41) is 2.81. The summed E-state index contributed by atoms with van der Waals surface area (Å²) < 4.78 is 32.7. The molecule has 1 amide bonds. The zero-order valence-corrected chi connectivity index (χ0v) is 13.4. The number of halogens is 3. The van der Waals surface area contributed by atoms with Crippen molar-refractivity contribution in [2.75, 3.05) is 11.9 Å². The zero-order valence-electron chi connectivity index (χ0n) is 12.7. The summed E-state index contributed by atoms with van der Waals surface area (Å²) in [5.74, 6) is -2.91. The molecule has 122 valence electrons. The number of nitrogens with two attached hydrogens (primary N) is 1. The second kappa shape index (κ2) is 5.35. The number of anilines is 1. The molecule has 0 aliphatic heterocycles. The van der Waals surface area contributed by atoms with Crippen molar-refractivity contribution in [3.63, 3.8) is 0 Å². The Hall–Kier alpha value is -1.40. The van der Waals surface area contributed by atoms with Crippen molar-refractivity contribution in [2.24, 2.45) is 5.73 Å². The minimum absolute atomic E-state index is 0.233. The Morgan fingerprint density at radius 2 is 2.05 bits per heavy atom. The zero-order chi connectivity index (χ0) is 16.8. The van der Waals surface area contributed by atoms with E-state index in [4.69, 9.17) is 22.1 Å². The van der Waals surface area contributed by atoms with Gasteiger partial charge in [-0.1, -0.05) is 11.6 Å². The fourth-order valence-corrected chi connectivity index (χ4v) is 2.57. The van der Waals surface area contributed by atoms with E-state index in [-0.39, 0.29) is 24.2 Å². The Kier molecular flexibility index (Phi) is 4.13. The topological polar surface area (TPSA) is 64.3 Å². The van der Waals surface area contributed by atoms with Crippen LogP contribution >= 0.6 is 11.6 Å². The van der Waals surface area contributed by atoms with Gasteiger partial charge in [0, 0.05) is 23.7 Å². The highest BCUT2D eigenvalue weighted by Gasteiger charge is 2.71. The molecule has 0 radical (unpaired) electrons. The monoisotopic (exact) mass is 332 g/mol.